The molecular weight excluding hydrogens is 341 g/mol. The lowest BCUT2D eigenvalue weighted by atomic mass is 9.89. The first-order valence-corrected chi connectivity index (χ1v) is 7.13. The Morgan fingerprint density at radius 1 is 1.26 bits per heavy atom. The summed E-state index contributed by atoms with van der Waals surface area (Å²) in [5.74, 6) is -4.17. The molecule has 1 aliphatic carbocycles. The van der Waals surface area contributed by atoms with Gasteiger partial charge >= 0.3 is 0 Å². The lowest BCUT2D eigenvalue weighted by Crippen LogP contribution is -2.32. The van der Waals surface area contributed by atoms with Crippen LogP contribution in [0.4, 0.5) is 22.0 Å². The van der Waals surface area contributed by atoms with Gasteiger partial charge in [0, 0.05) is 40.1 Å². The Morgan fingerprint density at radius 2 is 1.96 bits per heavy atom. The van der Waals surface area contributed by atoms with Gasteiger partial charge in [0.2, 0.25) is 0 Å². The average molecular weight is 352 g/mol. The summed E-state index contributed by atoms with van der Waals surface area (Å²) in [4.78, 5) is 0. The molecule has 0 amide bonds. The van der Waals surface area contributed by atoms with E-state index in [4.69, 9.17) is 11.6 Å². The molecule has 1 heterocycles. The maximum absolute atomic E-state index is 13.7. The number of benzene rings is 1. The van der Waals surface area contributed by atoms with Crippen LogP contribution in [0, 0.1) is 5.82 Å². The van der Waals surface area contributed by atoms with Crippen LogP contribution in [0.2, 0.25) is 5.02 Å². The lowest BCUT2D eigenvalue weighted by molar-refractivity contribution is -0.122. The van der Waals surface area contributed by atoms with Crippen molar-refractivity contribution in [1.82, 2.24) is 4.57 Å². The van der Waals surface area contributed by atoms with E-state index in [2.05, 4.69) is 0 Å². The molecule has 1 aromatic carbocycles. The first-order valence-electron chi connectivity index (χ1n) is 6.75. The van der Waals surface area contributed by atoms with Crippen molar-refractivity contribution in [2.24, 2.45) is 0 Å². The van der Waals surface area contributed by atoms with Crippen molar-refractivity contribution >= 4 is 11.6 Å². The van der Waals surface area contributed by atoms with Crippen LogP contribution >= 0.6 is 11.6 Å². The zero-order valence-electron chi connectivity index (χ0n) is 11.5. The van der Waals surface area contributed by atoms with Crippen molar-refractivity contribution in [3.8, 4) is 5.69 Å². The highest BCUT2D eigenvalue weighted by molar-refractivity contribution is 6.30. The van der Waals surface area contributed by atoms with E-state index in [1.54, 1.807) is 0 Å². The van der Waals surface area contributed by atoms with E-state index in [1.165, 1.54) is 10.6 Å². The Labute approximate surface area is 133 Å². The van der Waals surface area contributed by atoms with Gasteiger partial charge < -0.3 is 9.67 Å². The first kappa shape index (κ1) is 16.3. The molecule has 1 aliphatic rings. The third-order valence-electron chi connectivity index (χ3n) is 3.91. The number of halogens is 6. The molecule has 0 radical (unpaired) electrons. The molecule has 0 aliphatic heterocycles. The fourth-order valence-electron chi connectivity index (χ4n) is 2.87. The van der Waals surface area contributed by atoms with Crippen LogP contribution in [0.15, 0.2) is 24.4 Å². The van der Waals surface area contributed by atoms with Gasteiger partial charge in [-0.1, -0.05) is 11.6 Å². The number of alkyl halides is 4. The monoisotopic (exact) mass is 351 g/mol. The van der Waals surface area contributed by atoms with Crippen LogP contribution in [-0.2, 0) is 6.42 Å². The van der Waals surface area contributed by atoms with Gasteiger partial charge in [0.05, 0.1) is 0 Å². The Morgan fingerprint density at radius 3 is 2.57 bits per heavy atom. The van der Waals surface area contributed by atoms with Crippen LogP contribution in [-0.4, -0.2) is 15.6 Å². The Kier molecular flexibility index (Phi) is 3.88. The number of nitrogens with zero attached hydrogens (tertiary/aromatic N) is 1. The first-order chi connectivity index (χ1) is 10.7. The van der Waals surface area contributed by atoms with Crippen LogP contribution in [0.5, 0.6) is 0 Å². The molecule has 0 fully saturated rings. The summed E-state index contributed by atoms with van der Waals surface area (Å²) in [7, 11) is 0. The van der Waals surface area contributed by atoms with E-state index in [0.717, 1.165) is 18.3 Å². The van der Waals surface area contributed by atoms with E-state index in [-0.39, 0.29) is 22.8 Å². The second kappa shape index (κ2) is 5.49. The van der Waals surface area contributed by atoms with Gasteiger partial charge in [-0.2, -0.15) is 0 Å². The van der Waals surface area contributed by atoms with Crippen LogP contribution in [0.25, 0.3) is 5.69 Å². The van der Waals surface area contributed by atoms with E-state index in [0.29, 0.717) is 0 Å². The van der Waals surface area contributed by atoms with E-state index >= 15 is 0 Å². The Balaban J connectivity index is 2.23. The summed E-state index contributed by atoms with van der Waals surface area (Å²) < 4.78 is 68.4. The van der Waals surface area contributed by atoms with Gasteiger partial charge in [0.1, 0.15) is 11.9 Å². The molecule has 3 rings (SSSR count). The second-order valence-electron chi connectivity index (χ2n) is 5.41. The third-order valence-corrected chi connectivity index (χ3v) is 4.13. The number of aromatic nitrogens is 1. The molecule has 0 saturated heterocycles. The van der Waals surface area contributed by atoms with Gasteiger partial charge in [-0.15, -0.1) is 0 Å². The highest BCUT2D eigenvalue weighted by Crippen LogP contribution is 2.46. The normalized spacial score (nSPS) is 19.9. The van der Waals surface area contributed by atoms with Gasteiger partial charge in [-0.05, 0) is 24.6 Å². The maximum Gasteiger partial charge on any atom is 0.278 e. The largest absolute Gasteiger partial charge is 0.382 e. The van der Waals surface area contributed by atoms with Crippen LogP contribution in [0.1, 0.15) is 35.8 Å². The Bertz CT molecular complexity index is 738. The molecule has 0 saturated carbocycles. The summed E-state index contributed by atoms with van der Waals surface area (Å²) in [6.45, 7) is 0. The zero-order chi connectivity index (χ0) is 16.9. The molecule has 1 atom stereocenters. The zero-order valence-corrected chi connectivity index (χ0v) is 12.3. The summed E-state index contributed by atoms with van der Waals surface area (Å²) in [6.07, 6.45) is -5.32. The highest BCUT2D eigenvalue weighted by atomic mass is 35.5. The van der Waals surface area contributed by atoms with Crippen LogP contribution < -0.4 is 0 Å². The molecule has 0 bridgehead atoms. The number of aliphatic hydroxyl groups is 1. The standard InChI is InChI=1S/C15H11ClF5NO/c16-7-3-8(17)5-9(4-7)22-6-10(14(18)19)12-11(22)1-2-15(20,21)13(12)23/h3-6,13-14,23H,1-2H2. The molecule has 2 nitrogen and oxygen atoms in total. The lowest BCUT2D eigenvalue weighted by Gasteiger charge is -2.29. The molecule has 124 valence electrons. The fourth-order valence-corrected chi connectivity index (χ4v) is 3.09. The molecular formula is C15H11ClF5NO. The molecule has 1 aromatic heterocycles. The minimum absolute atomic E-state index is 0.0442. The number of hydrogen-bond acceptors (Lipinski definition) is 1. The predicted octanol–water partition coefficient (Wildman–Crippen LogP) is 4.82. The molecule has 0 spiro atoms. The minimum Gasteiger partial charge on any atom is -0.382 e. The SMILES string of the molecule is OC1c2c(C(F)F)cn(-c3cc(F)cc(Cl)c3)c2CCC1(F)F. The number of hydrogen-bond donors (Lipinski definition) is 1. The second-order valence-corrected chi connectivity index (χ2v) is 5.84. The summed E-state index contributed by atoms with van der Waals surface area (Å²) in [5, 5.41) is 9.84. The number of fused-ring (bicyclic) bond motifs is 1. The van der Waals surface area contributed by atoms with Crippen molar-refractivity contribution in [2.45, 2.75) is 31.3 Å². The van der Waals surface area contributed by atoms with Crippen molar-refractivity contribution in [1.29, 1.82) is 0 Å². The molecule has 1 N–H and O–H groups in total. The van der Waals surface area contributed by atoms with Gasteiger partial charge in [-0.25, -0.2) is 22.0 Å². The van der Waals surface area contributed by atoms with Crippen molar-refractivity contribution in [3.63, 3.8) is 0 Å². The van der Waals surface area contributed by atoms with E-state index < -0.39 is 41.8 Å². The highest BCUT2D eigenvalue weighted by Gasteiger charge is 2.47. The van der Waals surface area contributed by atoms with E-state index in [9.17, 15) is 27.1 Å². The smallest absolute Gasteiger partial charge is 0.278 e. The predicted molar refractivity (Wildman–Crippen MR) is 73.9 cm³/mol. The quantitative estimate of drug-likeness (QED) is 0.771. The van der Waals surface area contributed by atoms with Crippen molar-refractivity contribution in [2.75, 3.05) is 0 Å². The minimum atomic E-state index is -3.48. The Hall–Kier alpha value is -1.60. The van der Waals surface area contributed by atoms with Crippen molar-refractivity contribution in [3.05, 3.63) is 52.1 Å². The van der Waals surface area contributed by atoms with Gasteiger partial charge in [0.15, 0.2) is 0 Å². The average Bonchev–Trinajstić information content (AvgIpc) is 2.82. The third kappa shape index (κ3) is 2.72. The summed E-state index contributed by atoms with van der Waals surface area (Å²) in [6, 6.07) is 3.43. The summed E-state index contributed by atoms with van der Waals surface area (Å²) >= 11 is 5.76. The van der Waals surface area contributed by atoms with Gasteiger partial charge in [-0.3, -0.25) is 0 Å². The van der Waals surface area contributed by atoms with Crippen molar-refractivity contribution < 1.29 is 27.1 Å². The maximum atomic E-state index is 13.7. The number of aliphatic hydroxyl groups excluding tert-OH is 1. The summed E-state index contributed by atoms with van der Waals surface area (Å²) in [5.41, 5.74) is -0.931. The van der Waals surface area contributed by atoms with Gasteiger partial charge in [0.25, 0.3) is 12.3 Å². The molecule has 23 heavy (non-hydrogen) atoms. The molecule has 2 aromatic rings. The molecule has 1 unspecified atom stereocenters. The topological polar surface area (TPSA) is 25.2 Å². The van der Waals surface area contributed by atoms with Crippen LogP contribution in [0.3, 0.4) is 0 Å². The fraction of sp³-hybridized carbons (Fsp3) is 0.333. The number of rotatable bonds is 2. The molecule has 8 heteroatoms. The van der Waals surface area contributed by atoms with E-state index in [1.807, 2.05) is 0 Å².